The lowest BCUT2D eigenvalue weighted by molar-refractivity contribution is 0.224. The van der Waals surface area contributed by atoms with E-state index in [1.807, 2.05) is 0 Å². The van der Waals surface area contributed by atoms with Gasteiger partial charge in [0.1, 0.15) is 0 Å². The zero-order valence-electron chi connectivity index (χ0n) is 8.00. The predicted octanol–water partition coefficient (Wildman–Crippen LogP) is 2.27. The molecule has 0 aromatic carbocycles. The highest BCUT2D eigenvalue weighted by molar-refractivity contribution is 5.01. The number of rotatable bonds is 0. The summed E-state index contributed by atoms with van der Waals surface area (Å²) in [7, 11) is 0. The Morgan fingerprint density at radius 2 is 2.00 bits per heavy atom. The van der Waals surface area contributed by atoms with E-state index in [9.17, 15) is 0 Å². The molecule has 2 saturated heterocycles. The molecule has 68 valence electrons. The molecule has 0 radical (unpaired) electrons. The van der Waals surface area contributed by atoms with Gasteiger partial charge < -0.3 is 0 Å². The highest BCUT2D eigenvalue weighted by atomic mass is 15.2. The van der Waals surface area contributed by atoms with E-state index < -0.39 is 0 Å². The van der Waals surface area contributed by atoms with E-state index >= 15 is 0 Å². The van der Waals surface area contributed by atoms with Crippen LogP contribution in [-0.4, -0.2) is 23.5 Å². The summed E-state index contributed by atoms with van der Waals surface area (Å²) in [6, 6.07) is 2.00. The Morgan fingerprint density at radius 1 is 1.08 bits per heavy atom. The largest absolute Gasteiger partial charge is 0.297 e. The minimum atomic E-state index is 0.986. The lowest BCUT2D eigenvalue weighted by Gasteiger charge is -2.23. The molecule has 2 aliphatic heterocycles. The molecule has 4 atom stereocenters. The Kier molecular flexibility index (Phi) is 1.52. The van der Waals surface area contributed by atoms with Crippen LogP contribution in [0, 0.1) is 11.8 Å². The summed E-state index contributed by atoms with van der Waals surface area (Å²) < 4.78 is 0. The van der Waals surface area contributed by atoms with Gasteiger partial charge in [0.15, 0.2) is 0 Å². The summed E-state index contributed by atoms with van der Waals surface area (Å²) in [4.78, 5) is 2.84. The minimum Gasteiger partial charge on any atom is -0.297 e. The third-order valence-electron chi connectivity index (χ3n) is 4.51. The Labute approximate surface area is 75.1 Å². The molecule has 1 heteroatoms. The molecule has 0 N–H and O–H groups in total. The first kappa shape index (κ1) is 7.37. The van der Waals surface area contributed by atoms with E-state index in [1.165, 1.54) is 38.6 Å². The van der Waals surface area contributed by atoms with Crippen LogP contribution in [0.3, 0.4) is 0 Å². The Balaban J connectivity index is 1.83. The molecule has 1 saturated carbocycles. The van der Waals surface area contributed by atoms with Crippen molar-refractivity contribution in [2.24, 2.45) is 11.8 Å². The zero-order valence-corrected chi connectivity index (χ0v) is 8.00. The molecule has 1 nitrogen and oxygen atoms in total. The lowest BCUT2D eigenvalue weighted by Crippen LogP contribution is -2.32. The molecule has 1 aliphatic carbocycles. The Hall–Kier alpha value is -0.0400. The van der Waals surface area contributed by atoms with Crippen LogP contribution in [0.2, 0.25) is 0 Å². The number of fused-ring (bicyclic) bond motifs is 3. The molecule has 3 rings (SSSR count). The SMILES string of the molecule is C[C@@H]1CCN2[C@@H]3CCC[C@@H]3C[C@H]12. The van der Waals surface area contributed by atoms with Gasteiger partial charge in [-0.1, -0.05) is 13.3 Å². The predicted molar refractivity (Wildman–Crippen MR) is 50.0 cm³/mol. The van der Waals surface area contributed by atoms with Gasteiger partial charge >= 0.3 is 0 Å². The fourth-order valence-electron chi connectivity index (χ4n) is 3.86. The fraction of sp³-hybridized carbons (Fsp3) is 1.00. The standard InChI is InChI=1S/C11H19N/c1-8-5-6-12-10-4-2-3-9(10)7-11(8)12/h8-11H,2-7H2,1H3/t8-,9-,10-,11-/m1/s1. The van der Waals surface area contributed by atoms with Crippen LogP contribution >= 0.6 is 0 Å². The summed E-state index contributed by atoms with van der Waals surface area (Å²) >= 11 is 0. The van der Waals surface area contributed by atoms with Gasteiger partial charge in [-0.2, -0.15) is 0 Å². The van der Waals surface area contributed by atoms with Crippen LogP contribution < -0.4 is 0 Å². The van der Waals surface area contributed by atoms with E-state index in [4.69, 9.17) is 0 Å². The first-order valence-corrected chi connectivity index (χ1v) is 5.62. The van der Waals surface area contributed by atoms with Gasteiger partial charge in [0.2, 0.25) is 0 Å². The summed E-state index contributed by atoms with van der Waals surface area (Å²) in [5.74, 6) is 2.09. The van der Waals surface area contributed by atoms with Crippen LogP contribution in [0.25, 0.3) is 0 Å². The first-order valence-electron chi connectivity index (χ1n) is 5.62. The minimum absolute atomic E-state index is 0.986. The molecule has 0 aromatic heterocycles. The van der Waals surface area contributed by atoms with Crippen LogP contribution in [0.4, 0.5) is 0 Å². The van der Waals surface area contributed by atoms with Crippen molar-refractivity contribution in [2.45, 2.75) is 51.1 Å². The van der Waals surface area contributed by atoms with Crippen molar-refractivity contribution in [1.29, 1.82) is 0 Å². The fourth-order valence-corrected chi connectivity index (χ4v) is 3.86. The van der Waals surface area contributed by atoms with Gasteiger partial charge in [0, 0.05) is 12.1 Å². The third kappa shape index (κ3) is 0.834. The van der Waals surface area contributed by atoms with E-state index in [0.717, 1.165) is 23.9 Å². The van der Waals surface area contributed by atoms with E-state index in [1.54, 1.807) is 0 Å². The van der Waals surface area contributed by atoms with Gasteiger partial charge in [-0.05, 0) is 44.1 Å². The zero-order chi connectivity index (χ0) is 8.13. The van der Waals surface area contributed by atoms with Gasteiger partial charge in [-0.15, -0.1) is 0 Å². The van der Waals surface area contributed by atoms with Crippen LogP contribution in [0.5, 0.6) is 0 Å². The van der Waals surface area contributed by atoms with E-state index in [2.05, 4.69) is 11.8 Å². The van der Waals surface area contributed by atoms with Crippen molar-refractivity contribution in [2.75, 3.05) is 6.54 Å². The smallest absolute Gasteiger partial charge is 0.0128 e. The molecular formula is C11H19N. The maximum atomic E-state index is 2.84. The monoisotopic (exact) mass is 165 g/mol. The normalized spacial score (nSPS) is 52.8. The molecule has 0 amide bonds. The van der Waals surface area contributed by atoms with Crippen LogP contribution in [0.1, 0.15) is 39.0 Å². The second-order valence-corrected chi connectivity index (χ2v) is 5.07. The van der Waals surface area contributed by atoms with Crippen molar-refractivity contribution in [3.8, 4) is 0 Å². The maximum Gasteiger partial charge on any atom is 0.0128 e. The Morgan fingerprint density at radius 3 is 2.92 bits per heavy atom. The van der Waals surface area contributed by atoms with E-state index in [-0.39, 0.29) is 0 Å². The van der Waals surface area contributed by atoms with Gasteiger partial charge in [0.05, 0.1) is 0 Å². The molecular weight excluding hydrogens is 146 g/mol. The van der Waals surface area contributed by atoms with Gasteiger partial charge in [-0.25, -0.2) is 0 Å². The van der Waals surface area contributed by atoms with Crippen molar-refractivity contribution in [1.82, 2.24) is 4.90 Å². The van der Waals surface area contributed by atoms with Crippen molar-refractivity contribution in [3.05, 3.63) is 0 Å². The molecule has 2 heterocycles. The molecule has 0 spiro atoms. The molecule has 0 bridgehead atoms. The molecule has 3 fully saturated rings. The van der Waals surface area contributed by atoms with Crippen LogP contribution in [-0.2, 0) is 0 Å². The maximum absolute atomic E-state index is 2.84. The summed E-state index contributed by atoms with van der Waals surface area (Å²) in [5.41, 5.74) is 0. The number of hydrogen-bond donors (Lipinski definition) is 0. The van der Waals surface area contributed by atoms with Crippen molar-refractivity contribution < 1.29 is 0 Å². The average Bonchev–Trinajstić information content (AvgIpc) is 2.63. The number of nitrogens with zero attached hydrogens (tertiary/aromatic N) is 1. The van der Waals surface area contributed by atoms with E-state index in [0.29, 0.717) is 0 Å². The molecule has 0 aromatic rings. The lowest BCUT2D eigenvalue weighted by atomic mass is 9.94. The van der Waals surface area contributed by atoms with Gasteiger partial charge in [0.25, 0.3) is 0 Å². The van der Waals surface area contributed by atoms with Crippen LogP contribution in [0.15, 0.2) is 0 Å². The first-order chi connectivity index (χ1) is 5.86. The quantitative estimate of drug-likeness (QED) is 0.532. The Bertz CT molecular complexity index is 187. The van der Waals surface area contributed by atoms with Gasteiger partial charge in [-0.3, -0.25) is 4.90 Å². The third-order valence-corrected chi connectivity index (χ3v) is 4.51. The highest BCUT2D eigenvalue weighted by Crippen LogP contribution is 2.46. The number of hydrogen-bond acceptors (Lipinski definition) is 1. The summed E-state index contributed by atoms with van der Waals surface area (Å²) in [5, 5.41) is 0. The van der Waals surface area contributed by atoms with Crippen molar-refractivity contribution in [3.63, 3.8) is 0 Å². The molecule has 0 unspecified atom stereocenters. The summed E-state index contributed by atoms with van der Waals surface area (Å²) in [6.45, 7) is 3.86. The molecule has 3 aliphatic rings. The second-order valence-electron chi connectivity index (χ2n) is 5.07. The second kappa shape index (κ2) is 2.47. The highest BCUT2D eigenvalue weighted by Gasteiger charge is 2.47. The summed E-state index contributed by atoms with van der Waals surface area (Å²) in [6.07, 6.45) is 7.55. The topological polar surface area (TPSA) is 3.24 Å². The molecule has 12 heavy (non-hydrogen) atoms. The van der Waals surface area contributed by atoms with Crippen molar-refractivity contribution >= 4 is 0 Å². The average molecular weight is 165 g/mol.